The van der Waals surface area contributed by atoms with Crippen LogP contribution in [0.4, 0.5) is 25.0 Å². The molecule has 0 spiro atoms. The van der Waals surface area contributed by atoms with Gasteiger partial charge in [-0.3, -0.25) is 9.80 Å². The number of carbonyl (C=O) groups excluding carboxylic acids is 1. The van der Waals surface area contributed by atoms with E-state index in [0.717, 1.165) is 19.2 Å². The van der Waals surface area contributed by atoms with Crippen LogP contribution < -0.4 is 19.3 Å². The predicted octanol–water partition coefficient (Wildman–Crippen LogP) is 3.26. The van der Waals surface area contributed by atoms with E-state index >= 15 is 8.78 Å². The number of halogens is 2. The quantitative estimate of drug-likeness (QED) is 0.506. The Labute approximate surface area is 201 Å². The molecule has 10 nitrogen and oxygen atoms in total. The maximum atomic E-state index is 15.2. The number of nitrogens with zero attached hydrogens (tertiary/aromatic N) is 5. The molecule has 2 aromatic heterocycles. The Morgan fingerprint density at radius 2 is 1.69 bits per heavy atom. The van der Waals surface area contributed by atoms with E-state index in [4.69, 9.17) is 9.47 Å². The van der Waals surface area contributed by atoms with Crippen LogP contribution in [0.1, 0.15) is 18.2 Å². The summed E-state index contributed by atoms with van der Waals surface area (Å²) in [7, 11) is 1.37. The van der Waals surface area contributed by atoms with Crippen LogP contribution in [0.15, 0.2) is 18.3 Å². The largest absolute Gasteiger partial charge is 0.493 e. The third-order valence-electron chi connectivity index (χ3n) is 5.90. The van der Waals surface area contributed by atoms with Gasteiger partial charge in [-0.25, -0.2) is 22.5 Å². The maximum absolute atomic E-state index is 15.2. The summed E-state index contributed by atoms with van der Waals surface area (Å²) in [5.41, 5.74) is 0.855. The molecule has 3 aromatic rings. The Hall–Kier alpha value is -3.45. The van der Waals surface area contributed by atoms with Gasteiger partial charge in [-0.15, -0.1) is 0 Å². The number of amides is 2. The molecule has 1 aromatic carbocycles. The number of aromatic nitrogens is 2. The zero-order chi connectivity index (χ0) is 25.8. The predicted molar refractivity (Wildman–Crippen MR) is 127 cm³/mol. The van der Waals surface area contributed by atoms with E-state index in [1.807, 2.05) is 0 Å². The first-order valence-corrected chi connectivity index (χ1v) is 12.0. The molecular weight excluding hydrogens is 484 g/mol. The smallest absolute Gasteiger partial charge is 0.329 e. The lowest BCUT2D eigenvalue weighted by Gasteiger charge is -2.37. The number of urea groups is 1. The fourth-order valence-electron chi connectivity index (χ4n) is 4.22. The molecule has 0 saturated heterocycles. The number of rotatable bonds is 6. The van der Waals surface area contributed by atoms with Crippen LogP contribution >= 0.6 is 0 Å². The van der Waals surface area contributed by atoms with Crippen molar-refractivity contribution < 1.29 is 31.5 Å². The average molecular weight is 510 g/mol. The lowest BCUT2D eigenvalue weighted by atomic mass is 10.1. The van der Waals surface area contributed by atoms with Crippen molar-refractivity contribution in [3.8, 4) is 11.5 Å². The zero-order valence-electron chi connectivity index (χ0n) is 20.1. The number of benzene rings is 1. The van der Waals surface area contributed by atoms with Gasteiger partial charge in [-0.05, 0) is 19.9 Å². The minimum atomic E-state index is -3.89. The molecule has 0 saturated carbocycles. The minimum Gasteiger partial charge on any atom is -0.493 e. The molecule has 13 heteroatoms. The highest BCUT2D eigenvalue weighted by Crippen LogP contribution is 2.42. The Morgan fingerprint density at radius 3 is 2.20 bits per heavy atom. The highest BCUT2D eigenvalue weighted by atomic mass is 32.2. The van der Waals surface area contributed by atoms with Gasteiger partial charge in [-0.1, -0.05) is 0 Å². The standard InChI is InChI=1S/C22H25F2N5O5S/c1-7-27-19-13(10-25-21-14(19)8-12(2)29(21)35(31,32)26(3)4)11-28(22(27)30)20-17(23)15(33-5)9-16(34-6)18(20)24/h8-10H,7,11H2,1-6H3. The van der Waals surface area contributed by atoms with E-state index in [9.17, 15) is 13.2 Å². The molecule has 188 valence electrons. The SMILES string of the molecule is CCN1C(=O)N(c2c(F)c(OC)cc(OC)c2F)Cc2cnc3c(cc(C)n3S(=O)(=O)N(C)C)c21. The van der Waals surface area contributed by atoms with Gasteiger partial charge in [0.25, 0.3) is 0 Å². The first-order chi connectivity index (χ1) is 16.5. The second-order valence-corrected chi connectivity index (χ2v) is 10.1. The molecule has 3 heterocycles. The van der Waals surface area contributed by atoms with E-state index in [1.165, 1.54) is 39.4 Å². The van der Waals surface area contributed by atoms with Crippen LogP contribution in [0.5, 0.6) is 11.5 Å². The van der Waals surface area contributed by atoms with Gasteiger partial charge < -0.3 is 9.47 Å². The summed E-state index contributed by atoms with van der Waals surface area (Å²) in [6.45, 7) is 3.27. The fourth-order valence-corrected chi connectivity index (χ4v) is 5.33. The van der Waals surface area contributed by atoms with E-state index in [-0.39, 0.29) is 30.2 Å². The highest BCUT2D eigenvalue weighted by Gasteiger charge is 2.38. The number of anilines is 2. The third-order valence-corrected chi connectivity index (χ3v) is 7.74. The lowest BCUT2D eigenvalue weighted by molar-refractivity contribution is 0.249. The molecule has 4 rings (SSSR count). The normalized spacial score (nSPS) is 14.1. The molecule has 0 radical (unpaired) electrons. The number of aryl methyl sites for hydroxylation is 1. The van der Waals surface area contributed by atoms with Crippen molar-refractivity contribution in [2.75, 3.05) is 44.7 Å². The molecule has 35 heavy (non-hydrogen) atoms. The van der Waals surface area contributed by atoms with E-state index in [0.29, 0.717) is 22.3 Å². The van der Waals surface area contributed by atoms with Gasteiger partial charge >= 0.3 is 16.2 Å². The van der Waals surface area contributed by atoms with Crippen LogP contribution in [0.2, 0.25) is 0 Å². The first-order valence-electron chi connectivity index (χ1n) is 10.6. The average Bonchev–Trinajstić information content (AvgIpc) is 3.16. The first kappa shape index (κ1) is 24.7. The number of methoxy groups -OCH3 is 2. The van der Waals surface area contributed by atoms with Gasteiger partial charge in [-0.2, -0.15) is 12.7 Å². The molecule has 2 amide bonds. The Balaban J connectivity index is 1.96. The van der Waals surface area contributed by atoms with Crippen LogP contribution in [0.3, 0.4) is 0 Å². The van der Waals surface area contributed by atoms with Crippen molar-refractivity contribution in [1.82, 2.24) is 13.3 Å². The van der Waals surface area contributed by atoms with Crippen LogP contribution in [0, 0.1) is 18.6 Å². The number of hydrogen-bond donors (Lipinski definition) is 0. The van der Waals surface area contributed by atoms with E-state index in [1.54, 1.807) is 19.9 Å². The molecule has 1 aliphatic heterocycles. The van der Waals surface area contributed by atoms with Crippen molar-refractivity contribution in [2.24, 2.45) is 0 Å². The summed E-state index contributed by atoms with van der Waals surface area (Å²) in [5.74, 6) is -2.66. The molecule has 0 atom stereocenters. The summed E-state index contributed by atoms with van der Waals surface area (Å²) < 4.78 is 68.4. The second kappa shape index (κ2) is 8.64. The Bertz CT molecular complexity index is 1430. The molecule has 0 unspecified atom stereocenters. The second-order valence-electron chi connectivity index (χ2n) is 8.08. The molecule has 0 aliphatic carbocycles. The van der Waals surface area contributed by atoms with Crippen molar-refractivity contribution in [3.05, 3.63) is 41.2 Å². The maximum Gasteiger partial charge on any atom is 0.329 e. The van der Waals surface area contributed by atoms with Gasteiger partial charge in [0, 0.05) is 49.5 Å². The van der Waals surface area contributed by atoms with Gasteiger partial charge in [0.2, 0.25) is 0 Å². The molecule has 1 aliphatic rings. The number of ether oxygens (including phenoxy) is 2. The van der Waals surface area contributed by atoms with Crippen LogP contribution in [-0.2, 0) is 16.8 Å². The number of carbonyl (C=O) groups is 1. The number of fused-ring (bicyclic) bond motifs is 3. The Kier molecular flexibility index (Phi) is 6.09. The fraction of sp³-hybridized carbons (Fsp3) is 0.364. The molecule has 0 fully saturated rings. The summed E-state index contributed by atoms with van der Waals surface area (Å²) in [5, 5.41) is 0.435. The van der Waals surface area contributed by atoms with Crippen molar-refractivity contribution in [1.29, 1.82) is 0 Å². The summed E-state index contributed by atoms with van der Waals surface area (Å²) in [6, 6.07) is 2.00. The Morgan fingerprint density at radius 1 is 1.09 bits per heavy atom. The van der Waals surface area contributed by atoms with Gasteiger partial charge in [0.05, 0.1) is 26.5 Å². The lowest BCUT2D eigenvalue weighted by Crippen LogP contribution is -2.48. The third kappa shape index (κ3) is 3.57. The van der Waals surface area contributed by atoms with Gasteiger partial charge in [0.1, 0.15) is 5.69 Å². The van der Waals surface area contributed by atoms with Crippen LogP contribution in [0.25, 0.3) is 11.0 Å². The van der Waals surface area contributed by atoms with Gasteiger partial charge in [0.15, 0.2) is 28.8 Å². The summed E-state index contributed by atoms with van der Waals surface area (Å²) >= 11 is 0. The number of pyridine rings is 1. The van der Waals surface area contributed by atoms with E-state index in [2.05, 4.69) is 4.98 Å². The van der Waals surface area contributed by atoms with Crippen molar-refractivity contribution >= 4 is 38.6 Å². The summed E-state index contributed by atoms with van der Waals surface area (Å²) in [6.07, 6.45) is 1.41. The molecular formula is C22H25F2N5O5S. The molecule has 0 N–H and O–H groups in total. The molecule has 0 bridgehead atoms. The number of hydrogen-bond acceptors (Lipinski definition) is 6. The van der Waals surface area contributed by atoms with Crippen molar-refractivity contribution in [2.45, 2.75) is 20.4 Å². The highest BCUT2D eigenvalue weighted by molar-refractivity contribution is 7.87. The topological polar surface area (TPSA) is 97.2 Å². The monoisotopic (exact) mass is 509 g/mol. The summed E-state index contributed by atoms with van der Waals surface area (Å²) in [4.78, 5) is 20.2. The van der Waals surface area contributed by atoms with Crippen molar-refractivity contribution in [3.63, 3.8) is 0 Å². The van der Waals surface area contributed by atoms with Crippen LogP contribution in [-0.4, -0.2) is 62.6 Å². The zero-order valence-corrected chi connectivity index (χ0v) is 20.9. The minimum absolute atomic E-state index is 0.148. The van der Waals surface area contributed by atoms with E-state index < -0.39 is 33.6 Å².